The number of hydrogen-bond donors (Lipinski definition) is 4. The smallest absolute Gasteiger partial charge is 0.255 e. The molecule has 0 aromatic heterocycles. The molecule has 8 nitrogen and oxygen atoms in total. The van der Waals surface area contributed by atoms with E-state index in [9.17, 15) is 4.79 Å². The van der Waals surface area contributed by atoms with E-state index in [2.05, 4.69) is 15.3 Å². The third kappa shape index (κ3) is 4.47. The van der Waals surface area contributed by atoms with Crippen molar-refractivity contribution in [3.8, 4) is 5.75 Å². The van der Waals surface area contributed by atoms with Gasteiger partial charge in [-0.05, 0) is 30.3 Å². The Morgan fingerprint density at radius 3 is 2.42 bits per heavy atom. The molecule has 0 aliphatic rings. The lowest BCUT2D eigenvalue weighted by Crippen LogP contribution is -2.26. The van der Waals surface area contributed by atoms with Crippen LogP contribution in [0.1, 0.15) is 10.4 Å². The molecule has 0 atom stereocenters. The summed E-state index contributed by atoms with van der Waals surface area (Å²) in [5.41, 5.74) is 17.5. The Labute approximate surface area is 139 Å². The van der Waals surface area contributed by atoms with Crippen LogP contribution < -0.4 is 27.3 Å². The minimum Gasteiger partial charge on any atom is -0.495 e. The first-order chi connectivity index (χ1) is 11.5. The SMILES string of the molecule is COc1ccc(N=C(N)N=C(N)N)cc1NC(=O)c1ccccc1. The molecule has 0 bridgehead atoms. The van der Waals surface area contributed by atoms with Crippen molar-refractivity contribution in [1.29, 1.82) is 0 Å². The molecule has 0 aliphatic heterocycles. The molecule has 0 spiro atoms. The van der Waals surface area contributed by atoms with Crippen LogP contribution in [0.2, 0.25) is 0 Å². The summed E-state index contributed by atoms with van der Waals surface area (Å²) < 4.78 is 5.24. The van der Waals surface area contributed by atoms with Gasteiger partial charge in [-0.15, -0.1) is 0 Å². The molecule has 1 amide bonds. The second kappa shape index (κ2) is 7.63. The van der Waals surface area contributed by atoms with Gasteiger partial charge < -0.3 is 27.3 Å². The molecule has 24 heavy (non-hydrogen) atoms. The Morgan fingerprint density at radius 1 is 1.08 bits per heavy atom. The van der Waals surface area contributed by atoms with Crippen LogP contribution in [0, 0.1) is 0 Å². The molecule has 0 fully saturated rings. The highest BCUT2D eigenvalue weighted by Gasteiger charge is 2.10. The van der Waals surface area contributed by atoms with Gasteiger partial charge in [-0.3, -0.25) is 4.79 Å². The first-order valence-corrected chi connectivity index (χ1v) is 6.98. The summed E-state index contributed by atoms with van der Waals surface area (Å²) in [7, 11) is 1.50. The number of carbonyl (C=O) groups is 1. The number of benzene rings is 2. The van der Waals surface area contributed by atoms with Crippen LogP contribution in [0.25, 0.3) is 0 Å². The molecule has 8 heteroatoms. The van der Waals surface area contributed by atoms with Crippen molar-refractivity contribution in [3.63, 3.8) is 0 Å². The number of nitrogens with two attached hydrogens (primary N) is 3. The molecular weight excluding hydrogens is 308 g/mol. The first kappa shape index (κ1) is 16.8. The van der Waals surface area contributed by atoms with Gasteiger partial charge in [-0.1, -0.05) is 18.2 Å². The topological polar surface area (TPSA) is 141 Å². The molecule has 2 aromatic carbocycles. The van der Waals surface area contributed by atoms with Gasteiger partial charge in [0.05, 0.1) is 18.5 Å². The number of methoxy groups -OCH3 is 1. The average molecular weight is 326 g/mol. The minimum absolute atomic E-state index is 0.0968. The van der Waals surface area contributed by atoms with Crippen LogP contribution >= 0.6 is 0 Å². The summed E-state index contributed by atoms with van der Waals surface area (Å²) in [5.74, 6) is -0.0752. The van der Waals surface area contributed by atoms with E-state index < -0.39 is 0 Å². The van der Waals surface area contributed by atoms with Crippen molar-refractivity contribution in [3.05, 3.63) is 54.1 Å². The zero-order valence-electron chi connectivity index (χ0n) is 13.1. The lowest BCUT2D eigenvalue weighted by atomic mass is 10.2. The molecule has 0 saturated carbocycles. The molecule has 0 radical (unpaired) electrons. The number of ether oxygens (including phenoxy) is 1. The van der Waals surface area contributed by atoms with E-state index in [1.807, 2.05) is 6.07 Å². The molecule has 2 rings (SSSR count). The van der Waals surface area contributed by atoms with Crippen molar-refractivity contribution in [2.24, 2.45) is 27.2 Å². The Morgan fingerprint density at radius 2 is 1.79 bits per heavy atom. The highest BCUT2D eigenvalue weighted by Crippen LogP contribution is 2.29. The highest BCUT2D eigenvalue weighted by molar-refractivity contribution is 6.05. The van der Waals surface area contributed by atoms with E-state index in [1.54, 1.807) is 42.5 Å². The van der Waals surface area contributed by atoms with Crippen molar-refractivity contribution in [1.82, 2.24) is 0 Å². The van der Waals surface area contributed by atoms with E-state index in [1.165, 1.54) is 7.11 Å². The highest BCUT2D eigenvalue weighted by atomic mass is 16.5. The van der Waals surface area contributed by atoms with Crippen LogP contribution in [0.5, 0.6) is 5.75 Å². The summed E-state index contributed by atoms with van der Waals surface area (Å²) in [5, 5.41) is 2.77. The van der Waals surface area contributed by atoms with Crippen LogP contribution in [0.3, 0.4) is 0 Å². The van der Waals surface area contributed by atoms with Crippen LogP contribution in [0.15, 0.2) is 58.5 Å². The van der Waals surface area contributed by atoms with Crippen LogP contribution in [0.4, 0.5) is 11.4 Å². The van der Waals surface area contributed by atoms with Crippen molar-refractivity contribution in [2.75, 3.05) is 12.4 Å². The average Bonchev–Trinajstić information content (AvgIpc) is 2.55. The van der Waals surface area contributed by atoms with Crippen molar-refractivity contribution in [2.45, 2.75) is 0 Å². The maximum absolute atomic E-state index is 12.3. The summed E-state index contributed by atoms with van der Waals surface area (Å²) in [6.45, 7) is 0. The third-order valence-corrected chi connectivity index (χ3v) is 2.95. The quantitative estimate of drug-likeness (QED) is 0.493. The van der Waals surface area contributed by atoms with Crippen LogP contribution in [-0.2, 0) is 0 Å². The largest absolute Gasteiger partial charge is 0.495 e. The minimum atomic E-state index is -0.271. The molecule has 124 valence electrons. The maximum atomic E-state index is 12.3. The first-order valence-electron chi connectivity index (χ1n) is 6.98. The van der Waals surface area contributed by atoms with Gasteiger partial charge in [0.1, 0.15) is 5.75 Å². The number of guanidine groups is 2. The Balaban J connectivity index is 2.30. The number of carbonyl (C=O) groups excluding carboxylic acids is 1. The fraction of sp³-hybridized carbons (Fsp3) is 0.0625. The Kier molecular flexibility index (Phi) is 5.35. The van der Waals surface area contributed by atoms with E-state index in [4.69, 9.17) is 21.9 Å². The number of hydrogen-bond acceptors (Lipinski definition) is 3. The zero-order chi connectivity index (χ0) is 17.5. The Hall–Kier alpha value is -3.55. The number of aliphatic imine (C=N–C) groups is 2. The van der Waals surface area contributed by atoms with Crippen LogP contribution in [-0.4, -0.2) is 24.9 Å². The summed E-state index contributed by atoms with van der Waals surface area (Å²) in [6, 6.07) is 13.7. The van der Waals surface area contributed by atoms with Crippen molar-refractivity contribution >= 4 is 29.2 Å². The summed E-state index contributed by atoms with van der Waals surface area (Å²) in [6.07, 6.45) is 0. The molecule has 0 aliphatic carbocycles. The van der Waals surface area contributed by atoms with E-state index in [0.29, 0.717) is 22.7 Å². The lowest BCUT2D eigenvalue weighted by Gasteiger charge is -2.11. The molecule has 0 heterocycles. The molecule has 7 N–H and O–H groups in total. The number of amides is 1. The second-order valence-electron chi connectivity index (χ2n) is 4.71. The normalized spacial score (nSPS) is 10.8. The molecule has 2 aromatic rings. The predicted octanol–water partition coefficient (Wildman–Crippen LogP) is 1.17. The van der Waals surface area contributed by atoms with Gasteiger partial charge in [0.15, 0.2) is 5.96 Å². The maximum Gasteiger partial charge on any atom is 0.255 e. The van der Waals surface area contributed by atoms with E-state index >= 15 is 0 Å². The monoisotopic (exact) mass is 326 g/mol. The fourth-order valence-electron chi connectivity index (χ4n) is 1.94. The third-order valence-electron chi connectivity index (χ3n) is 2.95. The number of anilines is 1. The standard InChI is InChI=1S/C16H18N6O2/c1-24-13-8-7-11(20-16(19)22-15(17)18)9-12(13)21-14(23)10-5-3-2-4-6-10/h2-9H,1H3,(H,21,23)(H6,17,18,19,20,22). The van der Waals surface area contributed by atoms with Gasteiger partial charge in [0.2, 0.25) is 5.96 Å². The number of nitrogens with one attached hydrogen (secondary N) is 1. The predicted molar refractivity (Wildman–Crippen MR) is 94.5 cm³/mol. The van der Waals surface area contributed by atoms with E-state index in [0.717, 1.165) is 0 Å². The van der Waals surface area contributed by atoms with Crippen molar-refractivity contribution < 1.29 is 9.53 Å². The number of nitrogens with zero attached hydrogens (tertiary/aromatic N) is 2. The Bertz CT molecular complexity index is 782. The molecule has 0 saturated heterocycles. The summed E-state index contributed by atoms with van der Waals surface area (Å²) in [4.78, 5) is 20.0. The second-order valence-corrected chi connectivity index (χ2v) is 4.71. The van der Waals surface area contributed by atoms with Gasteiger partial charge in [0, 0.05) is 5.56 Å². The lowest BCUT2D eigenvalue weighted by molar-refractivity contribution is 0.102. The fourth-order valence-corrected chi connectivity index (χ4v) is 1.94. The van der Waals surface area contributed by atoms with Gasteiger partial charge in [-0.25, -0.2) is 4.99 Å². The number of rotatable bonds is 4. The van der Waals surface area contributed by atoms with E-state index in [-0.39, 0.29) is 17.8 Å². The van der Waals surface area contributed by atoms with Gasteiger partial charge in [-0.2, -0.15) is 4.99 Å². The summed E-state index contributed by atoms with van der Waals surface area (Å²) >= 11 is 0. The molecular formula is C16H18N6O2. The van der Waals surface area contributed by atoms with Gasteiger partial charge >= 0.3 is 0 Å². The van der Waals surface area contributed by atoms with Gasteiger partial charge in [0.25, 0.3) is 5.91 Å². The molecule has 0 unspecified atom stereocenters. The zero-order valence-corrected chi connectivity index (χ0v) is 13.1.